The van der Waals surface area contributed by atoms with Crippen LogP contribution in [0.4, 0.5) is 0 Å². The van der Waals surface area contributed by atoms with E-state index in [0.717, 1.165) is 6.29 Å². The van der Waals surface area contributed by atoms with E-state index < -0.39 is 0 Å². The maximum absolute atomic E-state index is 11.1. The molecule has 0 aliphatic carbocycles. The fraction of sp³-hybridized carbons (Fsp3) is 0.125. The third-order valence-electron chi connectivity index (χ3n) is 3.04. The number of carbonyl (C=O) groups is 1. The molecule has 0 bridgehead atoms. The van der Waals surface area contributed by atoms with Crippen LogP contribution in [-0.4, -0.2) is 18.6 Å². The van der Waals surface area contributed by atoms with Gasteiger partial charge in [-0.15, -0.1) is 0 Å². The highest BCUT2D eigenvalue weighted by Gasteiger charge is 2.11. The van der Waals surface area contributed by atoms with Gasteiger partial charge in [0.1, 0.15) is 23.8 Å². The molecule has 0 saturated carbocycles. The van der Waals surface area contributed by atoms with Gasteiger partial charge >= 0.3 is 0 Å². The maximum Gasteiger partial charge on any atom is 0.202 e. The van der Waals surface area contributed by atoms with Crippen LogP contribution in [0, 0.1) is 0 Å². The summed E-state index contributed by atoms with van der Waals surface area (Å²) >= 11 is 0. The first kappa shape index (κ1) is 13.9. The summed E-state index contributed by atoms with van der Waals surface area (Å²) in [7, 11) is 1.54. The molecule has 2 heterocycles. The van der Waals surface area contributed by atoms with Gasteiger partial charge in [0.05, 0.1) is 18.9 Å². The predicted molar refractivity (Wildman–Crippen MR) is 76.9 cm³/mol. The van der Waals surface area contributed by atoms with Gasteiger partial charge in [0.15, 0.2) is 12.0 Å². The molecule has 0 aliphatic heterocycles. The molecule has 0 fully saturated rings. The topological polar surface area (TPSA) is 74.7 Å². The second kappa shape index (κ2) is 6.17. The maximum atomic E-state index is 11.1. The van der Waals surface area contributed by atoms with E-state index in [4.69, 9.17) is 18.4 Å². The number of aromatic nitrogens is 1. The number of ether oxygens (including phenoxy) is 2. The van der Waals surface area contributed by atoms with Gasteiger partial charge in [-0.3, -0.25) is 4.79 Å². The molecular formula is C16H13NO5. The molecule has 0 spiro atoms. The Labute approximate surface area is 126 Å². The monoisotopic (exact) mass is 299 g/mol. The Hall–Kier alpha value is -3.02. The van der Waals surface area contributed by atoms with Crippen molar-refractivity contribution in [2.45, 2.75) is 6.61 Å². The molecule has 22 heavy (non-hydrogen) atoms. The molecule has 3 aromatic rings. The number of methoxy groups -OCH3 is 1. The second-order valence-corrected chi connectivity index (χ2v) is 4.47. The number of furan rings is 1. The molecule has 0 radical (unpaired) electrons. The van der Waals surface area contributed by atoms with E-state index in [1.165, 1.54) is 7.11 Å². The largest absolute Gasteiger partial charge is 0.497 e. The Kier molecular flexibility index (Phi) is 3.91. The molecule has 6 nitrogen and oxygen atoms in total. The quantitative estimate of drug-likeness (QED) is 0.650. The molecule has 2 aromatic heterocycles. The van der Waals surface area contributed by atoms with Crippen molar-refractivity contribution in [3.05, 3.63) is 53.9 Å². The minimum absolute atomic E-state index is 0.178. The second-order valence-electron chi connectivity index (χ2n) is 4.47. The Morgan fingerprint density at radius 1 is 1.23 bits per heavy atom. The van der Waals surface area contributed by atoms with Crippen molar-refractivity contribution in [2.24, 2.45) is 0 Å². The van der Waals surface area contributed by atoms with Crippen molar-refractivity contribution in [1.29, 1.82) is 0 Å². The molecule has 0 unspecified atom stereocenters. The fourth-order valence-electron chi connectivity index (χ4n) is 1.94. The zero-order valence-corrected chi connectivity index (χ0v) is 11.8. The Morgan fingerprint density at radius 3 is 2.86 bits per heavy atom. The molecule has 0 saturated heterocycles. The Bertz CT molecular complexity index is 761. The van der Waals surface area contributed by atoms with E-state index in [1.807, 2.05) is 0 Å². The number of hydrogen-bond donors (Lipinski definition) is 0. The Morgan fingerprint density at radius 2 is 2.14 bits per heavy atom. The number of benzene rings is 1. The van der Waals surface area contributed by atoms with Gasteiger partial charge in [-0.05, 0) is 30.3 Å². The van der Waals surface area contributed by atoms with Crippen molar-refractivity contribution < 1.29 is 23.2 Å². The summed E-state index contributed by atoms with van der Waals surface area (Å²) in [4.78, 5) is 11.1. The van der Waals surface area contributed by atoms with Crippen LogP contribution in [0.25, 0.3) is 11.5 Å². The minimum atomic E-state index is 0.178. The van der Waals surface area contributed by atoms with Crippen LogP contribution in [-0.2, 0) is 6.61 Å². The molecule has 3 rings (SSSR count). The number of carbonyl (C=O) groups excluding carboxylic acids is 1. The van der Waals surface area contributed by atoms with Crippen molar-refractivity contribution in [3.63, 3.8) is 0 Å². The smallest absolute Gasteiger partial charge is 0.202 e. The molecule has 1 aromatic carbocycles. The lowest BCUT2D eigenvalue weighted by molar-refractivity contribution is 0.111. The normalized spacial score (nSPS) is 10.4. The zero-order valence-electron chi connectivity index (χ0n) is 11.8. The van der Waals surface area contributed by atoms with Crippen LogP contribution in [0.2, 0.25) is 0 Å². The van der Waals surface area contributed by atoms with Crippen molar-refractivity contribution in [3.8, 4) is 23.0 Å². The predicted octanol–water partition coefficient (Wildman–Crippen LogP) is 3.33. The summed E-state index contributed by atoms with van der Waals surface area (Å²) in [6, 6.07) is 10.3. The summed E-state index contributed by atoms with van der Waals surface area (Å²) in [6.45, 7) is 0.178. The van der Waals surface area contributed by atoms with Gasteiger partial charge in [0.2, 0.25) is 5.76 Å². The van der Waals surface area contributed by atoms with Gasteiger partial charge in [-0.25, -0.2) is 0 Å². The van der Waals surface area contributed by atoms with Crippen LogP contribution in [0.3, 0.4) is 0 Å². The average Bonchev–Trinajstić information content (AvgIpc) is 3.23. The van der Waals surface area contributed by atoms with E-state index in [-0.39, 0.29) is 6.61 Å². The van der Waals surface area contributed by atoms with Crippen LogP contribution >= 0.6 is 0 Å². The standard InChI is InChI=1S/C16H13NO5/c1-19-13-4-5-14(11(7-13)9-18)21-10-12-8-16(22-17-12)15-3-2-6-20-15/h2-9H,10H2,1H3. The fourth-order valence-corrected chi connectivity index (χ4v) is 1.94. The third kappa shape index (κ3) is 2.85. The van der Waals surface area contributed by atoms with Gasteiger partial charge in [0.25, 0.3) is 0 Å². The van der Waals surface area contributed by atoms with Crippen LogP contribution in [0.15, 0.2) is 51.6 Å². The molecule has 112 valence electrons. The SMILES string of the molecule is COc1ccc(OCc2cc(-c3ccco3)on2)c(C=O)c1. The molecule has 0 amide bonds. The lowest BCUT2D eigenvalue weighted by atomic mass is 10.2. The van der Waals surface area contributed by atoms with Crippen molar-refractivity contribution >= 4 is 6.29 Å². The minimum Gasteiger partial charge on any atom is -0.497 e. The zero-order chi connectivity index (χ0) is 15.4. The highest BCUT2D eigenvalue weighted by atomic mass is 16.5. The lowest BCUT2D eigenvalue weighted by Crippen LogP contribution is -1.99. The number of nitrogens with zero attached hydrogens (tertiary/aromatic N) is 1. The lowest BCUT2D eigenvalue weighted by Gasteiger charge is -2.08. The van der Waals surface area contributed by atoms with E-state index in [9.17, 15) is 4.79 Å². The van der Waals surface area contributed by atoms with E-state index in [0.29, 0.717) is 34.3 Å². The summed E-state index contributed by atoms with van der Waals surface area (Å²) in [6.07, 6.45) is 2.27. The first-order chi connectivity index (χ1) is 10.8. The van der Waals surface area contributed by atoms with E-state index >= 15 is 0 Å². The average molecular weight is 299 g/mol. The first-order valence-electron chi connectivity index (χ1n) is 6.55. The van der Waals surface area contributed by atoms with Crippen LogP contribution < -0.4 is 9.47 Å². The third-order valence-corrected chi connectivity index (χ3v) is 3.04. The van der Waals surface area contributed by atoms with Gasteiger partial charge in [-0.1, -0.05) is 5.16 Å². The van der Waals surface area contributed by atoms with Crippen molar-refractivity contribution in [2.75, 3.05) is 7.11 Å². The van der Waals surface area contributed by atoms with E-state index in [2.05, 4.69) is 5.16 Å². The number of rotatable bonds is 6. The first-order valence-corrected chi connectivity index (χ1v) is 6.55. The van der Waals surface area contributed by atoms with Gasteiger partial charge < -0.3 is 18.4 Å². The highest BCUT2D eigenvalue weighted by Crippen LogP contribution is 2.25. The molecule has 6 heteroatoms. The highest BCUT2D eigenvalue weighted by molar-refractivity contribution is 5.80. The van der Waals surface area contributed by atoms with Crippen molar-refractivity contribution in [1.82, 2.24) is 5.16 Å². The Balaban J connectivity index is 1.71. The van der Waals surface area contributed by atoms with Crippen LogP contribution in [0.1, 0.15) is 16.1 Å². The summed E-state index contributed by atoms with van der Waals surface area (Å²) in [5.74, 6) is 2.17. The summed E-state index contributed by atoms with van der Waals surface area (Å²) in [5, 5.41) is 3.90. The van der Waals surface area contributed by atoms with E-state index in [1.54, 1.807) is 42.7 Å². The summed E-state index contributed by atoms with van der Waals surface area (Å²) < 4.78 is 21.1. The molecule has 0 N–H and O–H groups in total. The van der Waals surface area contributed by atoms with Gasteiger partial charge in [-0.2, -0.15) is 0 Å². The molecular weight excluding hydrogens is 286 g/mol. The number of aldehydes is 1. The van der Waals surface area contributed by atoms with Gasteiger partial charge in [0, 0.05) is 6.07 Å². The summed E-state index contributed by atoms with van der Waals surface area (Å²) in [5.41, 5.74) is 1.01. The molecule has 0 aliphatic rings. The van der Waals surface area contributed by atoms with Crippen LogP contribution in [0.5, 0.6) is 11.5 Å². The molecule has 0 atom stereocenters. The number of hydrogen-bond acceptors (Lipinski definition) is 6.